The minimum atomic E-state index is -2.97. The Morgan fingerprint density at radius 3 is 2.08 bits per heavy atom. The Hall–Kier alpha value is 0.179. The number of aromatic nitrogens is 2. The number of unbranched alkanes of at least 4 members (excludes halogenated alkanes) is 3. The van der Waals surface area contributed by atoms with Crippen molar-refractivity contribution in [3.05, 3.63) is 16.4 Å². The predicted molar refractivity (Wildman–Crippen MR) is 112 cm³/mol. The number of carbonyl (C=O) groups excluding carboxylic acids is 1. The molecule has 0 bridgehead atoms. The fourth-order valence-electron chi connectivity index (χ4n) is 2.86. The molecule has 0 radical (unpaired) electrons. The Balaban J connectivity index is 3.05. The Bertz CT molecular complexity index is 524. The van der Waals surface area contributed by atoms with Crippen molar-refractivity contribution in [1.29, 1.82) is 0 Å². The fraction of sp³-hybridized carbons (Fsp3) is 0.722. The number of rotatable bonds is 12. The molecule has 1 aromatic heterocycles. The molecule has 0 unspecified atom stereocenters. The first-order chi connectivity index (χ1) is 12.0. The summed E-state index contributed by atoms with van der Waals surface area (Å²) < 4.78 is 10.4. The average molecular weight is 538 g/mol. The molecule has 0 fully saturated rings. The van der Waals surface area contributed by atoms with Gasteiger partial charge in [0.25, 0.3) is 0 Å². The Labute approximate surface area is 169 Å². The minimum absolute atomic E-state index is 0.247. The summed E-state index contributed by atoms with van der Waals surface area (Å²) in [6, 6.07) is 0. The molecule has 4 nitrogen and oxygen atoms in total. The molecular formula is C18H31BrN2O2SSn. The van der Waals surface area contributed by atoms with Gasteiger partial charge in [0.05, 0.1) is 0 Å². The quantitative estimate of drug-likeness (QED) is 0.174. The summed E-state index contributed by atoms with van der Waals surface area (Å²) in [5.74, 6) is -0.247. The van der Waals surface area contributed by atoms with Crippen molar-refractivity contribution in [2.45, 2.75) is 77.8 Å². The van der Waals surface area contributed by atoms with Crippen LogP contribution < -0.4 is 0 Å². The van der Waals surface area contributed by atoms with Crippen LogP contribution >= 0.6 is 27.7 Å². The van der Waals surface area contributed by atoms with Crippen LogP contribution in [0.25, 0.3) is 0 Å². The Kier molecular flexibility index (Phi) is 11.7. The molecular weight excluding hydrogens is 507 g/mol. The SMILES string of the molecule is CCC[CH2][Sn]([CH2]CCC)([CH2]CCC)[O]C(=O)c1nc(SC)ncc1Br. The van der Waals surface area contributed by atoms with E-state index in [1.165, 1.54) is 11.8 Å². The summed E-state index contributed by atoms with van der Waals surface area (Å²) in [5, 5.41) is 0.603. The second kappa shape index (κ2) is 12.5. The monoisotopic (exact) mass is 538 g/mol. The van der Waals surface area contributed by atoms with Crippen LogP contribution in [-0.4, -0.2) is 41.0 Å². The van der Waals surface area contributed by atoms with Crippen LogP contribution in [0.2, 0.25) is 13.3 Å². The Morgan fingerprint density at radius 2 is 1.64 bits per heavy atom. The standard InChI is InChI=1S/C6H5BrN2O2S.3C4H9.Sn/c1-12-6-8-2-3(7)4(9-6)5(10)11;3*1-3-4-2;/h2H,1H3,(H,10,11);3*1,3-4H2,2H3;/q;;;;+1/p-1. The molecule has 7 heteroatoms. The molecule has 0 spiro atoms. The molecule has 0 saturated heterocycles. The number of nitrogens with zero attached hydrogens (tertiary/aromatic N) is 2. The van der Waals surface area contributed by atoms with Crippen LogP contribution in [0.1, 0.15) is 69.8 Å². The molecule has 0 atom stereocenters. The number of hydrogen-bond donors (Lipinski definition) is 0. The molecule has 0 aliphatic heterocycles. The van der Waals surface area contributed by atoms with Gasteiger partial charge in [-0.05, 0) is 0 Å². The summed E-state index contributed by atoms with van der Waals surface area (Å²) in [6.45, 7) is 6.64. The third-order valence-electron chi connectivity index (χ3n) is 4.36. The Morgan fingerprint density at radius 1 is 1.12 bits per heavy atom. The van der Waals surface area contributed by atoms with E-state index in [1.807, 2.05) is 6.26 Å². The van der Waals surface area contributed by atoms with E-state index in [2.05, 4.69) is 46.7 Å². The third kappa shape index (κ3) is 7.75. The van der Waals surface area contributed by atoms with Crippen molar-refractivity contribution in [2.24, 2.45) is 0 Å². The first-order valence-corrected chi connectivity index (χ1v) is 18.6. The van der Waals surface area contributed by atoms with Crippen molar-refractivity contribution in [2.75, 3.05) is 6.26 Å². The summed E-state index contributed by atoms with van der Waals surface area (Å²) in [7, 11) is 0. The average Bonchev–Trinajstić information content (AvgIpc) is 2.63. The molecule has 1 aromatic rings. The first-order valence-electron chi connectivity index (χ1n) is 9.31. The van der Waals surface area contributed by atoms with Gasteiger partial charge in [0.1, 0.15) is 0 Å². The van der Waals surface area contributed by atoms with E-state index >= 15 is 0 Å². The molecule has 25 heavy (non-hydrogen) atoms. The number of halogens is 1. The maximum absolute atomic E-state index is 12.9. The molecule has 1 rings (SSSR count). The van der Waals surface area contributed by atoms with Crippen molar-refractivity contribution < 1.29 is 7.87 Å². The molecule has 0 saturated carbocycles. The van der Waals surface area contributed by atoms with E-state index in [0.29, 0.717) is 15.3 Å². The van der Waals surface area contributed by atoms with Crippen LogP contribution in [0, 0.1) is 0 Å². The van der Waals surface area contributed by atoms with Gasteiger partial charge in [-0.2, -0.15) is 0 Å². The van der Waals surface area contributed by atoms with Gasteiger partial charge in [-0.3, -0.25) is 0 Å². The molecule has 0 aliphatic rings. The number of hydrogen-bond acceptors (Lipinski definition) is 5. The van der Waals surface area contributed by atoms with Crippen LogP contribution in [0.4, 0.5) is 0 Å². The molecule has 0 amide bonds. The topological polar surface area (TPSA) is 52.1 Å². The van der Waals surface area contributed by atoms with Gasteiger partial charge in [-0.15, -0.1) is 0 Å². The summed E-state index contributed by atoms with van der Waals surface area (Å²) in [6.07, 6.45) is 10.5. The van der Waals surface area contributed by atoms with Crippen LogP contribution in [-0.2, 0) is 3.07 Å². The van der Waals surface area contributed by atoms with Crippen molar-refractivity contribution >= 4 is 52.5 Å². The zero-order valence-corrected chi connectivity index (χ0v) is 21.2. The van der Waals surface area contributed by atoms with Crippen molar-refractivity contribution in [1.82, 2.24) is 9.97 Å². The van der Waals surface area contributed by atoms with Crippen LogP contribution in [0.5, 0.6) is 0 Å². The van der Waals surface area contributed by atoms with Crippen molar-refractivity contribution in [3.63, 3.8) is 0 Å². The van der Waals surface area contributed by atoms with E-state index in [1.54, 1.807) is 6.20 Å². The van der Waals surface area contributed by atoms with E-state index in [-0.39, 0.29) is 5.97 Å². The van der Waals surface area contributed by atoms with E-state index in [9.17, 15) is 4.79 Å². The normalized spacial score (nSPS) is 11.6. The van der Waals surface area contributed by atoms with E-state index in [0.717, 1.165) is 51.8 Å². The van der Waals surface area contributed by atoms with Crippen molar-refractivity contribution in [3.8, 4) is 0 Å². The summed E-state index contributed by atoms with van der Waals surface area (Å²) in [5.41, 5.74) is 0.380. The third-order valence-corrected chi connectivity index (χ3v) is 18.1. The van der Waals surface area contributed by atoms with E-state index < -0.39 is 18.8 Å². The summed E-state index contributed by atoms with van der Waals surface area (Å²) >= 11 is 1.88. The second-order valence-electron chi connectivity index (χ2n) is 6.44. The van der Waals surface area contributed by atoms with Gasteiger partial charge in [0.15, 0.2) is 0 Å². The second-order valence-corrected chi connectivity index (χ2v) is 19.7. The van der Waals surface area contributed by atoms with Gasteiger partial charge in [-0.1, -0.05) is 0 Å². The molecule has 1 heterocycles. The van der Waals surface area contributed by atoms with Gasteiger partial charge in [-0.25, -0.2) is 0 Å². The molecule has 0 aliphatic carbocycles. The van der Waals surface area contributed by atoms with Gasteiger partial charge in [0, 0.05) is 0 Å². The van der Waals surface area contributed by atoms with E-state index in [4.69, 9.17) is 3.07 Å². The number of thioether (sulfide) groups is 1. The van der Waals surface area contributed by atoms with Gasteiger partial charge in [0.2, 0.25) is 0 Å². The van der Waals surface area contributed by atoms with Gasteiger partial charge < -0.3 is 0 Å². The van der Waals surface area contributed by atoms with Crippen LogP contribution in [0.15, 0.2) is 15.8 Å². The summed E-state index contributed by atoms with van der Waals surface area (Å²) in [4.78, 5) is 21.5. The first kappa shape index (κ1) is 23.2. The molecule has 142 valence electrons. The van der Waals surface area contributed by atoms with Gasteiger partial charge >= 0.3 is 171 Å². The predicted octanol–water partition coefficient (Wildman–Crippen LogP) is 6.46. The zero-order chi connectivity index (χ0) is 18.7. The van der Waals surface area contributed by atoms with Crippen LogP contribution in [0.3, 0.4) is 0 Å². The zero-order valence-electron chi connectivity index (χ0n) is 15.9. The maximum atomic E-state index is 12.9. The number of carbonyl (C=O) groups is 1. The fourth-order valence-corrected chi connectivity index (χ4v) is 16.5. The molecule has 0 aromatic carbocycles. The molecule has 0 N–H and O–H groups in total.